The molecule has 7 nitrogen and oxygen atoms in total. The second-order valence-electron chi connectivity index (χ2n) is 9.26. The Bertz CT molecular complexity index is 856. The molecular formula is C19H28N4O3S. The summed E-state index contributed by atoms with van der Waals surface area (Å²) < 4.78 is 25.6. The summed E-state index contributed by atoms with van der Waals surface area (Å²) in [7, 11) is -3.30. The van der Waals surface area contributed by atoms with E-state index in [1.54, 1.807) is 11.1 Å². The topological polar surface area (TPSA) is 83.5 Å². The Morgan fingerprint density at radius 1 is 1.22 bits per heavy atom. The van der Waals surface area contributed by atoms with Crippen molar-refractivity contribution in [2.24, 2.45) is 5.41 Å². The Labute approximate surface area is 161 Å². The molecule has 3 aliphatic rings. The Kier molecular flexibility index (Phi) is 4.44. The van der Waals surface area contributed by atoms with Crippen molar-refractivity contribution in [1.82, 2.24) is 14.9 Å². The summed E-state index contributed by atoms with van der Waals surface area (Å²) in [4.78, 5) is 25.8. The average Bonchev–Trinajstić information content (AvgIpc) is 3.23. The number of likely N-dealkylation sites (tertiary alicyclic amines) is 1. The summed E-state index contributed by atoms with van der Waals surface area (Å²) in [6, 6.07) is 0. The average molecular weight is 393 g/mol. The third kappa shape index (κ3) is 3.56. The van der Waals surface area contributed by atoms with Crippen LogP contribution in [0.4, 0.5) is 5.95 Å². The lowest BCUT2D eigenvalue weighted by Gasteiger charge is -2.27. The number of amides is 1. The minimum absolute atomic E-state index is 0.0227. The van der Waals surface area contributed by atoms with Gasteiger partial charge in [-0.05, 0) is 18.3 Å². The molecule has 148 valence electrons. The second kappa shape index (κ2) is 6.43. The number of carbonyl (C=O) groups excluding carboxylic acids is 1. The molecule has 0 spiro atoms. The zero-order valence-corrected chi connectivity index (χ0v) is 17.1. The van der Waals surface area contributed by atoms with Crippen LogP contribution in [0.15, 0.2) is 6.20 Å². The summed E-state index contributed by atoms with van der Waals surface area (Å²) in [5.41, 5.74) is 1.41. The quantitative estimate of drug-likeness (QED) is 0.762. The summed E-state index contributed by atoms with van der Waals surface area (Å²) >= 11 is 0. The van der Waals surface area contributed by atoms with Crippen molar-refractivity contribution in [2.45, 2.75) is 57.0 Å². The molecule has 0 unspecified atom stereocenters. The van der Waals surface area contributed by atoms with Crippen LogP contribution in [0.5, 0.6) is 0 Å². The lowest BCUT2D eigenvalue weighted by molar-refractivity contribution is -0.132. The van der Waals surface area contributed by atoms with Crippen molar-refractivity contribution in [3.63, 3.8) is 0 Å². The predicted molar refractivity (Wildman–Crippen MR) is 103 cm³/mol. The van der Waals surface area contributed by atoms with Gasteiger partial charge < -0.3 is 9.80 Å². The monoisotopic (exact) mass is 392 g/mol. The van der Waals surface area contributed by atoms with E-state index in [4.69, 9.17) is 4.98 Å². The van der Waals surface area contributed by atoms with Crippen LogP contribution >= 0.6 is 0 Å². The lowest BCUT2D eigenvalue weighted by atomic mass is 9.91. The number of hydrogen-bond donors (Lipinski definition) is 0. The predicted octanol–water partition coefficient (Wildman–Crippen LogP) is 1.74. The molecule has 4 rings (SSSR count). The minimum atomic E-state index is -3.30. The SMILES string of the molecule is CC(C)(C)CC(=O)N1C[C@H]2c3nc(N4CCCC4)ncc3CS(=O)(=O)[C@H]2C1. The third-order valence-corrected chi connectivity index (χ3v) is 7.86. The Morgan fingerprint density at radius 2 is 1.93 bits per heavy atom. The van der Waals surface area contributed by atoms with Crippen LogP contribution in [0.2, 0.25) is 0 Å². The molecule has 0 radical (unpaired) electrons. The fourth-order valence-corrected chi connectivity index (χ4v) is 6.40. The standard InChI is InChI=1S/C19H28N4O3S/c1-19(2,3)8-16(24)23-10-14-15(11-23)27(25,26)12-13-9-20-18(21-17(13)14)22-6-4-5-7-22/h9,14-15H,4-8,10-12H2,1-3H3/t14-,15+/m1/s1. The van der Waals surface area contributed by atoms with Crippen LogP contribution in [0.1, 0.15) is 57.2 Å². The molecule has 0 aliphatic carbocycles. The number of nitrogens with zero attached hydrogens (tertiary/aromatic N) is 4. The number of anilines is 1. The van der Waals surface area contributed by atoms with Crippen molar-refractivity contribution < 1.29 is 13.2 Å². The van der Waals surface area contributed by atoms with E-state index < -0.39 is 15.1 Å². The first-order chi connectivity index (χ1) is 12.6. The van der Waals surface area contributed by atoms with Crippen LogP contribution in [0.3, 0.4) is 0 Å². The van der Waals surface area contributed by atoms with E-state index in [9.17, 15) is 13.2 Å². The number of hydrogen-bond acceptors (Lipinski definition) is 6. The molecule has 4 heterocycles. The number of rotatable bonds is 2. The van der Waals surface area contributed by atoms with Crippen molar-refractivity contribution in [2.75, 3.05) is 31.1 Å². The Hall–Kier alpha value is -1.70. The summed E-state index contributed by atoms with van der Waals surface area (Å²) in [5, 5.41) is -0.546. The van der Waals surface area contributed by atoms with Gasteiger partial charge in [-0.25, -0.2) is 18.4 Å². The summed E-state index contributed by atoms with van der Waals surface area (Å²) in [6.07, 6.45) is 4.37. The van der Waals surface area contributed by atoms with Gasteiger partial charge in [-0.15, -0.1) is 0 Å². The molecule has 1 aromatic heterocycles. The fourth-order valence-electron chi connectivity index (χ4n) is 4.41. The van der Waals surface area contributed by atoms with Gasteiger partial charge in [0, 0.05) is 50.3 Å². The zero-order valence-electron chi connectivity index (χ0n) is 16.3. The molecule has 2 saturated heterocycles. The first-order valence-electron chi connectivity index (χ1n) is 9.74. The highest BCUT2D eigenvalue weighted by Crippen LogP contribution is 2.40. The number of aromatic nitrogens is 2. The van der Waals surface area contributed by atoms with Gasteiger partial charge in [-0.3, -0.25) is 4.79 Å². The highest BCUT2D eigenvalue weighted by molar-refractivity contribution is 7.91. The molecule has 1 aromatic rings. The van der Waals surface area contributed by atoms with Gasteiger partial charge in [-0.2, -0.15) is 0 Å². The van der Waals surface area contributed by atoms with Crippen molar-refractivity contribution in [3.05, 3.63) is 17.5 Å². The minimum Gasteiger partial charge on any atom is -0.341 e. The van der Waals surface area contributed by atoms with Crippen molar-refractivity contribution >= 4 is 21.7 Å². The maximum atomic E-state index is 12.8. The highest BCUT2D eigenvalue weighted by atomic mass is 32.2. The van der Waals surface area contributed by atoms with E-state index in [-0.39, 0.29) is 29.5 Å². The molecule has 8 heteroatoms. The number of carbonyl (C=O) groups is 1. The Morgan fingerprint density at radius 3 is 2.59 bits per heavy atom. The molecule has 0 aromatic carbocycles. The van der Waals surface area contributed by atoms with Crippen LogP contribution in [0, 0.1) is 5.41 Å². The lowest BCUT2D eigenvalue weighted by Crippen LogP contribution is -2.36. The first-order valence-corrected chi connectivity index (χ1v) is 11.5. The molecule has 27 heavy (non-hydrogen) atoms. The number of sulfone groups is 1. The first kappa shape index (κ1) is 18.7. The molecule has 0 N–H and O–H groups in total. The second-order valence-corrected chi connectivity index (χ2v) is 11.5. The molecule has 3 aliphatic heterocycles. The molecule has 2 fully saturated rings. The molecular weight excluding hydrogens is 364 g/mol. The molecule has 1 amide bonds. The van der Waals surface area contributed by atoms with Gasteiger partial charge in [0.05, 0.1) is 16.7 Å². The van der Waals surface area contributed by atoms with Crippen molar-refractivity contribution in [1.29, 1.82) is 0 Å². The zero-order chi connectivity index (χ0) is 19.4. The van der Waals surface area contributed by atoms with E-state index in [0.29, 0.717) is 24.5 Å². The third-order valence-electron chi connectivity index (χ3n) is 5.74. The molecule has 0 bridgehead atoms. The van der Waals surface area contributed by atoms with Crippen LogP contribution < -0.4 is 4.90 Å². The smallest absolute Gasteiger partial charge is 0.225 e. The van der Waals surface area contributed by atoms with E-state index in [0.717, 1.165) is 31.6 Å². The van der Waals surface area contributed by atoms with E-state index >= 15 is 0 Å². The van der Waals surface area contributed by atoms with Gasteiger partial charge in [0.15, 0.2) is 9.84 Å². The Balaban J connectivity index is 1.64. The normalized spacial score (nSPS) is 26.8. The van der Waals surface area contributed by atoms with Crippen LogP contribution in [-0.4, -0.2) is 60.6 Å². The van der Waals surface area contributed by atoms with E-state index in [1.165, 1.54) is 0 Å². The van der Waals surface area contributed by atoms with Gasteiger partial charge in [0.1, 0.15) is 0 Å². The highest BCUT2D eigenvalue weighted by Gasteiger charge is 2.48. The van der Waals surface area contributed by atoms with Gasteiger partial charge in [0.2, 0.25) is 11.9 Å². The molecule has 0 saturated carbocycles. The summed E-state index contributed by atoms with van der Waals surface area (Å²) in [6.45, 7) is 8.68. The van der Waals surface area contributed by atoms with Gasteiger partial charge in [-0.1, -0.05) is 20.8 Å². The fraction of sp³-hybridized carbons (Fsp3) is 0.737. The summed E-state index contributed by atoms with van der Waals surface area (Å²) in [5.74, 6) is 0.462. The largest absolute Gasteiger partial charge is 0.341 e. The molecule has 2 atom stereocenters. The number of fused-ring (bicyclic) bond motifs is 3. The maximum Gasteiger partial charge on any atom is 0.225 e. The van der Waals surface area contributed by atoms with Crippen LogP contribution in [0.25, 0.3) is 0 Å². The maximum absolute atomic E-state index is 12.8. The van der Waals surface area contributed by atoms with Gasteiger partial charge in [0.25, 0.3) is 0 Å². The van der Waals surface area contributed by atoms with Crippen LogP contribution in [-0.2, 0) is 20.4 Å². The van der Waals surface area contributed by atoms with Gasteiger partial charge >= 0.3 is 0 Å². The van der Waals surface area contributed by atoms with Crippen molar-refractivity contribution in [3.8, 4) is 0 Å². The van der Waals surface area contributed by atoms with E-state index in [1.807, 2.05) is 20.8 Å². The van der Waals surface area contributed by atoms with E-state index in [2.05, 4.69) is 9.88 Å².